The molecule has 0 radical (unpaired) electrons. The van der Waals surface area contributed by atoms with Gasteiger partial charge >= 0.3 is 0 Å². The molecule has 0 bridgehead atoms. The second kappa shape index (κ2) is 9.19. The molecule has 2 unspecified atom stereocenters. The van der Waals surface area contributed by atoms with Crippen molar-refractivity contribution in [1.82, 2.24) is 10.2 Å². The summed E-state index contributed by atoms with van der Waals surface area (Å²) in [4.78, 5) is 2.48. The highest BCUT2D eigenvalue weighted by atomic mass is 16.5. The van der Waals surface area contributed by atoms with Crippen molar-refractivity contribution in [3.05, 3.63) is 34.9 Å². The fraction of sp³-hybridized carbons (Fsp3) is 0.667. The maximum Gasteiger partial charge on any atom is 0.0615 e. The molecule has 1 N–H and O–H groups in total. The summed E-state index contributed by atoms with van der Waals surface area (Å²) in [5.41, 5.74) is 4.10. The Balaban J connectivity index is 2.86. The molecule has 0 saturated heterocycles. The Morgan fingerprint density at radius 3 is 2.43 bits per heavy atom. The lowest BCUT2D eigenvalue weighted by molar-refractivity contribution is 0.0957. The van der Waals surface area contributed by atoms with Crippen LogP contribution in [0.1, 0.15) is 43.5 Å². The molecule has 1 aromatic carbocycles. The number of nitrogens with one attached hydrogen (secondary N) is 1. The predicted molar refractivity (Wildman–Crippen MR) is 90.9 cm³/mol. The van der Waals surface area contributed by atoms with Crippen molar-refractivity contribution >= 4 is 0 Å². The predicted octanol–water partition coefficient (Wildman–Crippen LogP) is 3.31. The zero-order chi connectivity index (χ0) is 15.8. The van der Waals surface area contributed by atoms with Gasteiger partial charge in [0.05, 0.1) is 6.61 Å². The van der Waals surface area contributed by atoms with E-state index >= 15 is 0 Å². The quantitative estimate of drug-likeness (QED) is 0.756. The highest BCUT2D eigenvalue weighted by Crippen LogP contribution is 2.19. The second-order valence-electron chi connectivity index (χ2n) is 5.85. The number of nitrogens with zero attached hydrogens (tertiary/aromatic N) is 1. The van der Waals surface area contributed by atoms with E-state index in [9.17, 15) is 0 Å². The van der Waals surface area contributed by atoms with Gasteiger partial charge in [-0.05, 0) is 50.6 Å². The third-order valence-corrected chi connectivity index (χ3v) is 4.24. The molecule has 0 aliphatic carbocycles. The Bertz CT molecular complexity index is 420. The molecule has 2 atom stereocenters. The molecule has 120 valence electrons. The molecule has 0 aromatic heterocycles. The molecular formula is C18H32N2O. The minimum Gasteiger partial charge on any atom is -0.383 e. The summed E-state index contributed by atoms with van der Waals surface area (Å²) in [6.45, 7) is 14.8. The normalized spacial score (nSPS) is 14.4. The van der Waals surface area contributed by atoms with Crippen molar-refractivity contribution in [3.8, 4) is 0 Å². The van der Waals surface area contributed by atoms with Crippen molar-refractivity contribution in [2.45, 2.75) is 46.7 Å². The largest absolute Gasteiger partial charge is 0.383 e. The van der Waals surface area contributed by atoms with Crippen molar-refractivity contribution in [1.29, 1.82) is 0 Å². The van der Waals surface area contributed by atoms with Gasteiger partial charge < -0.3 is 10.1 Å². The summed E-state index contributed by atoms with van der Waals surface area (Å²) in [6.07, 6.45) is 0. The number of rotatable bonds is 9. The minimum absolute atomic E-state index is 0.369. The summed E-state index contributed by atoms with van der Waals surface area (Å²) in [6, 6.07) is 7.60. The Hall–Kier alpha value is -0.900. The van der Waals surface area contributed by atoms with Gasteiger partial charge in [-0.1, -0.05) is 32.0 Å². The summed E-state index contributed by atoms with van der Waals surface area (Å²) < 4.78 is 5.31. The smallest absolute Gasteiger partial charge is 0.0615 e. The maximum atomic E-state index is 5.31. The highest BCUT2D eigenvalue weighted by molar-refractivity contribution is 5.32. The van der Waals surface area contributed by atoms with Crippen LogP contribution in [0.2, 0.25) is 0 Å². The van der Waals surface area contributed by atoms with Gasteiger partial charge in [0.25, 0.3) is 0 Å². The maximum absolute atomic E-state index is 5.31. The van der Waals surface area contributed by atoms with Crippen LogP contribution in [-0.2, 0) is 4.74 Å². The van der Waals surface area contributed by atoms with Crippen molar-refractivity contribution in [2.24, 2.45) is 0 Å². The van der Waals surface area contributed by atoms with Crippen LogP contribution < -0.4 is 5.32 Å². The molecular weight excluding hydrogens is 260 g/mol. The van der Waals surface area contributed by atoms with E-state index in [4.69, 9.17) is 4.74 Å². The van der Waals surface area contributed by atoms with Crippen molar-refractivity contribution in [3.63, 3.8) is 0 Å². The molecule has 21 heavy (non-hydrogen) atoms. The third kappa shape index (κ3) is 5.42. The Morgan fingerprint density at radius 2 is 1.90 bits per heavy atom. The Kier molecular flexibility index (Phi) is 7.94. The molecule has 3 nitrogen and oxygen atoms in total. The topological polar surface area (TPSA) is 24.5 Å². The molecule has 0 aliphatic rings. The second-order valence-corrected chi connectivity index (χ2v) is 5.85. The van der Waals surface area contributed by atoms with Crippen LogP contribution in [0.15, 0.2) is 18.2 Å². The van der Waals surface area contributed by atoms with E-state index in [2.05, 4.69) is 63.0 Å². The average Bonchev–Trinajstić information content (AvgIpc) is 2.46. The van der Waals surface area contributed by atoms with Crippen LogP contribution in [0.25, 0.3) is 0 Å². The zero-order valence-electron chi connectivity index (χ0n) is 14.6. The van der Waals surface area contributed by atoms with E-state index in [0.717, 1.165) is 26.2 Å². The lowest BCUT2D eigenvalue weighted by Gasteiger charge is -2.32. The van der Waals surface area contributed by atoms with Gasteiger partial charge in [0.15, 0.2) is 0 Å². The summed E-state index contributed by atoms with van der Waals surface area (Å²) in [7, 11) is 1.77. The Labute approximate surface area is 130 Å². The Morgan fingerprint density at radius 1 is 1.19 bits per heavy atom. The fourth-order valence-electron chi connectivity index (χ4n) is 2.72. The van der Waals surface area contributed by atoms with Gasteiger partial charge in [-0.3, -0.25) is 4.90 Å². The summed E-state index contributed by atoms with van der Waals surface area (Å²) >= 11 is 0. The lowest BCUT2D eigenvalue weighted by atomic mass is 10.00. The molecule has 1 aromatic rings. The number of ether oxygens (including phenoxy) is 1. The standard InChI is InChI=1S/C18H32N2O/c1-7-19-18(12-20(8-2)16(5)13-21-6)17-10-9-14(3)15(4)11-17/h9-11,16,18-19H,7-8,12-13H2,1-6H3. The first-order chi connectivity index (χ1) is 10.0. The number of hydrogen-bond acceptors (Lipinski definition) is 3. The third-order valence-electron chi connectivity index (χ3n) is 4.24. The van der Waals surface area contributed by atoms with Gasteiger partial charge in [-0.25, -0.2) is 0 Å². The summed E-state index contributed by atoms with van der Waals surface area (Å²) in [5.74, 6) is 0. The van der Waals surface area contributed by atoms with Crippen LogP contribution >= 0.6 is 0 Å². The molecule has 0 spiro atoms. The van der Waals surface area contributed by atoms with Crippen LogP contribution in [0, 0.1) is 13.8 Å². The van der Waals surface area contributed by atoms with Crippen LogP contribution in [0.3, 0.4) is 0 Å². The van der Waals surface area contributed by atoms with Gasteiger partial charge in [-0.2, -0.15) is 0 Å². The van der Waals surface area contributed by atoms with Crippen LogP contribution in [0.5, 0.6) is 0 Å². The minimum atomic E-state index is 0.369. The lowest BCUT2D eigenvalue weighted by Crippen LogP contribution is -2.42. The van der Waals surface area contributed by atoms with Crippen LogP contribution in [-0.4, -0.2) is 44.3 Å². The SMILES string of the molecule is CCNC(CN(CC)C(C)COC)c1ccc(C)c(C)c1. The van der Waals surface area contributed by atoms with E-state index in [1.807, 2.05) is 0 Å². The van der Waals surface area contributed by atoms with Crippen LogP contribution in [0.4, 0.5) is 0 Å². The molecule has 0 aliphatic heterocycles. The first kappa shape index (κ1) is 18.1. The number of hydrogen-bond donors (Lipinski definition) is 1. The van der Waals surface area contributed by atoms with E-state index in [-0.39, 0.29) is 0 Å². The van der Waals surface area contributed by atoms with Gasteiger partial charge in [0, 0.05) is 25.7 Å². The van der Waals surface area contributed by atoms with Crippen molar-refractivity contribution < 1.29 is 4.74 Å². The first-order valence-electron chi connectivity index (χ1n) is 8.06. The molecule has 3 heteroatoms. The molecule has 0 amide bonds. The molecule has 1 rings (SSSR count). The molecule has 0 heterocycles. The van der Waals surface area contributed by atoms with E-state index in [1.54, 1.807) is 7.11 Å². The molecule has 0 fully saturated rings. The fourth-order valence-corrected chi connectivity index (χ4v) is 2.72. The van der Waals surface area contributed by atoms with Crippen molar-refractivity contribution in [2.75, 3.05) is 33.4 Å². The van der Waals surface area contributed by atoms with Gasteiger partial charge in [0.1, 0.15) is 0 Å². The van der Waals surface area contributed by atoms with Gasteiger partial charge in [0.2, 0.25) is 0 Å². The highest BCUT2D eigenvalue weighted by Gasteiger charge is 2.18. The van der Waals surface area contributed by atoms with E-state index < -0.39 is 0 Å². The number of benzene rings is 1. The number of aryl methyl sites for hydroxylation is 2. The zero-order valence-corrected chi connectivity index (χ0v) is 14.6. The molecule has 0 saturated carbocycles. The van der Waals surface area contributed by atoms with E-state index in [1.165, 1.54) is 16.7 Å². The number of methoxy groups -OCH3 is 1. The van der Waals surface area contributed by atoms with Gasteiger partial charge in [-0.15, -0.1) is 0 Å². The number of likely N-dealkylation sites (N-methyl/N-ethyl adjacent to an activating group) is 2. The summed E-state index contributed by atoms with van der Waals surface area (Å²) in [5, 5.41) is 3.62. The van der Waals surface area contributed by atoms with E-state index in [0.29, 0.717) is 12.1 Å². The monoisotopic (exact) mass is 292 g/mol. The first-order valence-corrected chi connectivity index (χ1v) is 8.06. The average molecular weight is 292 g/mol.